The number of nitrogens with one attached hydrogen (secondary N) is 2. The Balaban J connectivity index is 2.00. The number of benzene rings is 2. The molecule has 2 aromatic carbocycles. The van der Waals surface area contributed by atoms with Crippen molar-refractivity contribution in [1.82, 2.24) is 5.43 Å². The molecule has 27 heavy (non-hydrogen) atoms. The summed E-state index contributed by atoms with van der Waals surface area (Å²) < 4.78 is 24.0. The quantitative estimate of drug-likeness (QED) is 0.443. The fraction of sp³-hybridized carbons (Fsp3) is 0.211. The Morgan fingerprint density at radius 3 is 2.48 bits per heavy atom. The van der Waals surface area contributed by atoms with E-state index in [0.29, 0.717) is 17.1 Å². The minimum atomic E-state index is -1.08. The Bertz CT molecular complexity index is 855. The lowest BCUT2D eigenvalue weighted by molar-refractivity contribution is -0.131. The van der Waals surface area contributed by atoms with E-state index in [1.807, 2.05) is 0 Å². The molecule has 142 valence electrons. The van der Waals surface area contributed by atoms with Gasteiger partial charge in [0.1, 0.15) is 11.7 Å². The summed E-state index contributed by atoms with van der Waals surface area (Å²) in [6, 6.07) is 10.9. The van der Waals surface area contributed by atoms with Crippen molar-refractivity contribution in [3.8, 4) is 11.5 Å². The first-order valence-electron chi connectivity index (χ1n) is 8.07. The number of methoxy groups -OCH3 is 2. The molecular weight excluding hydrogens is 353 g/mol. The zero-order valence-electron chi connectivity index (χ0n) is 15.2. The first-order chi connectivity index (χ1) is 13.0. The van der Waals surface area contributed by atoms with Crippen molar-refractivity contribution in [2.24, 2.45) is 11.0 Å². The van der Waals surface area contributed by atoms with Gasteiger partial charge in [0.15, 0.2) is 11.5 Å². The molecule has 0 aliphatic rings. The van der Waals surface area contributed by atoms with Crippen molar-refractivity contribution in [2.45, 2.75) is 6.92 Å². The van der Waals surface area contributed by atoms with Crippen LogP contribution >= 0.6 is 0 Å². The van der Waals surface area contributed by atoms with Gasteiger partial charge in [0, 0.05) is 5.56 Å². The average molecular weight is 373 g/mol. The van der Waals surface area contributed by atoms with E-state index in [0.717, 1.165) is 0 Å². The number of hydrogen-bond donors (Lipinski definition) is 2. The van der Waals surface area contributed by atoms with E-state index in [1.165, 1.54) is 45.6 Å². The number of amides is 2. The van der Waals surface area contributed by atoms with Gasteiger partial charge in [0.25, 0.3) is 5.91 Å². The fourth-order valence-corrected chi connectivity index (χ4v) is 2.20. The highest BCUT2D eigenvalue weighted by molar-refractivity contribution is 6.06. The van der Waals surface area contributed by atoms with Gasteiger partial charge in [-0.05, 0) is 31.2 Å². The molecule has 0 spiro atoms. The van der Waals surface area contributed by atoms with Crippen LogP contribution in [0.4, 0.5) is 10.1 Å². The molecule has 1 unspecified atom stereocenters. The summed E-state index contributed by atoms with van der Waals surface area (Å²) >= 11 is 0. The Kier molecular flexibility index (Phi) is 6.87. The molecule has 0 radical (unpaired) electrons. The zero-order chi connectivity index (χ0) is 19.8. The number of carbonyl (C=O) groups excluding carboxylic acids is 2. The number of ether oxygens (including phenoxy) is 2. The van der Waals surface area contributed by atoms with Gasteiger partial charge in [-0.3, -0.25) is 9.59 Å². The van der Waals surface area contributed by atoms with Crippen molar-refractivity contribution in [1.29, 1.82) is 0 Å². The van der Waals surface area contributed by atoms with Crippen LogP contribution in [-0.2, 0) is 9.59 Å². The second kappa shape index (κ2) is 9.33. The SMILES string of the molecule is COc1cccc(C=NNC(=O)C(C)C(=O)Nc2ccccc2F)c1OC. The van der Waals surface area contributed by atoms with Gasteiger partial charge >= 0.3 is 0 Å². The van der Waals surface area contributed by atoms with Crippen LogP contribution in [0, 0.1) is 11.7 Å². The maximum absolute atomic E-state index is 13.6. The monoisotopic (exact) mass is 373 g/mol. The highest BCUT2D eigenvalue weighted by Crippen LogP contribution is 2.29. The topological polar surface area (TPSA) is 89.0 Å². The van der Waals surface area contributed by atoms with E-state index in [9.17, 15) is 14.0 Å². The smallest absolute Gasteiger partial charge is 0.252 e. The van der Waals surface area contributed by atoms with Crippen LogP contribution in [-0.4, -0.2) is 32.2 Å². The first-order valence-corrected chi connectivity index (χ1v) is 8.07. The third-order valence-electron chi connectivity index (χ3n) is 3.73. The summed E-state index contributed by atoms with van der Waals surface area (Å²) in [4.78, 5) is 24.2. The standard InChI is InChI=1S/C19H20FN3O4/c1-12(18(24)22-15-9-5-4-8-14(15)20)19(25)23-21-11-13-7-6-10-16(26-2)17(13)27-3/h4-12H,1-3H3,(H,22,24)(H,23,25). The largest absolute Gasteiger partial charge is 0.493 e. The molecule has 0 bridgehead atoms. The van der Waals surface area contributed by atoms with Crippen LogP contribution in [0.15, 0.2) is 47.6 Å². The number of nitrogens with zero attached hydrogens (tertiary/aromatic N) is 1. The third-order valence-corrected chi connectivity index (χ3v) is 3.73. The lowest BCUT2D eigenvalue weighted by atomic mass is 10.1. The number of carbonyl (C=O) groups is 2. The second-order valence-corrected chi connectivity index (χ2v) is 5.51. The van der Waals surface area contributed by atoms with E-state index in [4.69, 9.17) is 9.47 Å². The van der Waals surface area contributed by atoms with E-state index in [-0.39, 0.29) is 5.69 Å². The van der Waals surface area contributed by atoms with Crippen LogP contribution in [0.2, 0.25) is 0 Å². The van der Waals surface area contributed by atoms with Gasteiger partial charge in [0.2, 0.25) is 5.91 Å². The lowest BCUT2D eigenvalue weighted by Gasteiger charge is -2.11. The number of rotatable bonds is 7. The Morgan fingerprint density at radius 1 is 1.07 bits per heavy atom. The predicted molar refractivity (Wildman–Crippen MR) is 99.5 cm³/mol. The van der Waals surface area contributed by atoms with Crippen LogP contribution < -0.4 is 20.2 Å². The number of hydrazone groups is 1. The van der Waals surface area contributed by atoms with Gasteiger partial charge in [0.05, 0.1) is 26.1 Å². The van der Waals surface area contributed by atoms with Crippen molar-refractivity contribution < 1.29 is 23.5 Å². The maximum Gasteiger partial charge on any atom is 0.252 e. The van der Waals surface area contributed by atoms with Gasteiger partial charge in [-0.2, -0.15) is 5.10 Å². The van der Waals surface area contributed by atoms with Crippen molar-refractivity contribution in [2.75, 3.05) is 19.5 Å². The number of para-hydroxylation sites is 2. The van der Waals surface area contributed by atoms with Crippen LogP contribution in [0.5, 0.6) is 11.5 Å². The first kappa shape index (κ1) is 19.9. The Morgan fingerprint density at radius 2 is 1.81 bits per heavy atom. The minimum absolute atomic E-state index is 0.00627. The van der Waals surface area contributed by atoms with E-state index >= 15 is 0 Å². The summed E-state index contributed by atoms with van der Waals surface area (Å²) in [5.74, 6) is -1.96. The summed E-state index contributed by atoms with van der Waals surface area (Å²) in [6.45, 7) is 1.40. The van der Waals surface area contributed by atoms with Gasteiger partial charge < -0.3 is 14.8 Å². The molecule has 2 rings (SSSR count). The molecule has 2 N–H and O–H groups in total. The fourth-order valence-electron chi connectivity index (χ4n) is 2.20. The van der Waals surface area contributed by atoms with Crippen molar-refractivity contribution in [3.05, 3.63) is 53.8 Å². The van der Waals surface area contributed by atoms with Gasteiger partial charge in [-0.15, -0.1) is 0 Å². The Hall–Kier alpha value is -3.42. The van der Waals surface area contributed by atoms with Crippen molar-refractivity contribution in [3.63, 3.8) is 0 Å². The highest BCUT2D eigenvalue weighted by atomic mass is 19.1. The van der Waals surface area contributed by atoms with Crippen LogP contribution in [0.3, 0.4) is 0 Å². The minimum Gasteiger partial charge on any atom is -0.493 e. The summed E-state index contributed by atoms with van der Waals surface area (Å²) in [6.07, 6.45) is 1.38. The normalized spacial score (nSPS) is 11.7. The summed E-state index contributed by atoms with van der Waals surface area (Å²) in [7, 11) is 3.00. The van der Waals surface area contributed by atoms with Crippen molar-refractivity contribution >= 4 is 23.7 Å². The van der Waals surface area contributed by atoms with Gasteiger partial charge in [-0.1, -0.05) is 18.2 Å². The molecule has 0 aliphatic carbocycles. The van der Waals surface area contributed by atoms with Gasteiger partial charge in [-0.25, -0.2) is 9.82 Å². The molecule has 0 saturated carbocycles. The second-order valence-electron chi connectivity index (χ2n) is 5.51. The Labute approximate surface area is 156 Å². The summed E-state index contributed by atoms with van der Waals surface area (Å²) in [5.41, 5.74) is 2.87. The van der Waals surface area contributed by atoms with E-state index in [2.05, 4.69) is 15.8 Å². The number of hydrogen-bond acceptors (Lipinski definition) is 5. The number of anilines is 1. The molecule has 0 heterocycles. The molecule has 8 heteroatoms. The molecule has 2 aromatic rings. The zero-order valence-corrected chi connectivity index (χ0v) is 15.2. The molecule has 0 saturated heterocycles. The molecule has 1 atom stereocenters. The van der Waals surface area contributed by atoms with Crippen LogP contribution in [0.25, 0.3) is 0 Å². The molecule has 0 fully saturated rings. The molecular formula is C19H20FN3O4. The summed E-state index contributed by atoms with van der Waals surface area (Å²) in [5, 5.41) is 6.21. The maximum atomic E-state index is 13.6. The van der Waals surface area contributed by atoms with E-state index in [1.54, 1.807) is 24.3 Å². The predicted octanol–water partition coefficient (Wildman–Crippen LogP) is 2.57. The number of halogens is 1. The molecule has 0 aromatic heterocycles. The third kappa shape index (κ3) is 5.04. The lowest BCUT2D eigenvalue weighted by Crippen LogP contribution is -2.34. The molecule has 0 aliphatic heterocycles. The average Bonchev–Trinajstić information content (AvgIpc) is 2.68. The van der Waals surface area contributed by atoms with E-state index < -0.39 is 23.5 Å². The van der Waals surface area contributed by atoms with Crippen LogP contribution in [0.1, 0.15) is 12.5 Å². The molecule has 7 nitrogen and oxygen atoms in total. The highest BCUT2D eigenvalue weighted by Gasteiger charge is 2.22. The molecule has 2 amide bonds.